The molecule has 2 aromatic carbocycles. The average molecular weight is 471 g/mol. The predicted molar refractivity (Wildman–Crippen MR) is 125 cm³/mol. The highest BCUT2D eigenvalue weighted by atomic mass is 16.6. The molecule has 9 heteroatoms. The maximum Gasteiger partial charge on any atom is 0.414 e. The maximum absolute atomic E-state index is 12.7. The van der Waals surface area contributed by atoms with Gasteiger partial charge in [-0.3, -0.25) is 19.3 Å². The number of benzene rings is 2. The van der Waals surface area contributed by atoms with Gasteiger partial charge in [0.25, 0.3) is 5.91 Å². The van der Waals surface area contributed by atoms with Gasteiger partial charge in [0.2, 0.25) is 0 Å². The Morgan fingerprint density at radius 2 is 1.38 bits per heavy atom. The molecule has 0 aliphatic rings. The standard InChI is InChI=1S/C25H30N2O7/c1-4-32-22(28)15-20(16-23(29)33-5-2)26-24(30)19-11-13-21(14-12-19)27(3)25(31)34-17-18-9-7-6-8-10-18/h6-14,20H,4-5,15-17H2,1-3H3,(H,26,30). The first-order valence-corrected chi connectivity index (χ1v) is 11.0. The van der Waals surface area contributed by atoms with Crippen molar-refractivity contribution in [3.05, 3.63) is 65.7 Å². The maximum atomic E-state index is 12.7. The second kappa shape index (κ2) is 13.6. The lowest BCUT2D eigenvalue weighted by Gasteiger charge is -2.19. The summed E-state index contributed by atoms with van der Waals surface area (Å²) in [7, 11) is 1.57. The molecule has 9 nitrogen and oxygen atoms in total. The van der Waals surface area contributed by atoms with Gasteiger partial charge in [0.1, 0.15) is 6.61 Å². The molecule has 0 heterocycles. The van der Waals surface area contributed by atoms with Gasteiger partial charge in [-0.25, -0.2) is 4.79 Å². The van der Waals surface area contributed by atoms with E-state index in [0.29, 0.717) is 11.3 Å². The van der Waals surface area contributed by atoms with Crippen LogP contribution in [0, 0.1) is 0 Å². The van der Waals surface area contributed by atoms with E-state index in [2.05, 4.69) is 5.32 Å². The van der Waals surface area contributed by atoms with E-state index >= 15 is 0 Å². The van der Waals surface area contributed by atoms with Crippen molar-refractivity contribution in [2.24, 2.45) is 0 Å². The summed E-state index contributed by atoms with van der Waals surface area (Å²) in [4.78, 5) is 50.1. The first-order valence-electron chi connectivity index (χ1n) is 11.0. The van der Waals surface area contributed by atoms with Crippen LogP contribution in [0.2, 0.25) is 0 Å². The topological polar surface area (TPSA) is 111 Å². The normalized spacial score (nSPS) is 10.4. The van der Waals surface area contributed by atoms with Gasteiger partial charge in [-0.05, 0) is 43.7 Å². The Morgan fingerprint density at radius 3 is 1.91 bits per heavy atom. The molecule has 0 saturated carbocycles. The van der Waals surface area contributed by atoms with Crippen molar-refractivity contribution >= 4 is 29.6 Å². The van der Waals surface area contributed by atoms with Crippen molar-refractivity contribution in [3.8, 4) is 0 Å². The third-order valence-electron chi connectivity index (χ3n) is 4.77. The fourth-order valence-electron chi connectivity index (χ4n) is 3.04. The van der Waals surface area contributed by atoms with Gasteiger partial charge >= 0.3 is 18.0 Å². The van der Waals surface area contributed by atoms with Crippen molar-refractivity contribution in [1.29, 1.82) is 0 Å². The number of anilines is 1. The fourth-order valence-corrected chi connectivity index (χ4v) is 3.04. The molecular formula is C25H30N2O7. The van der Waals surface area contributed by atoms with E-state index in [1.54, 1.807) is 33.0 Å². The van der Waals surface area contributed by atoms with Gasteiger partial charge in [0, 0.05) is 18.3 Å². The molecule has 0 bridgehead atoms. The van der Waals surface area contributed by atoms with Gasteiger partial charge in [0.05, 0.1) is 32.1 Å². The van der Waals surface area contributed by atoms with Gasteiger partial charge < -0.3 is 19.5 Å². The van der Waals surface area contributed by atoms with Crippen LogP contribution in [0.3, 0.4) is 0 Å². The molecule has 0 aliphatic heterocycles. The fraction of sp³-hybridized carbons (Fsp3) is 0.360. The van der Waals surface area contributed by atoms with E-state index in [-0.39, 0.29) is 32.7 Å². The monoisotopic (exact) mass is 470 g/mol. The van der Waals surface area contributed by atoms with Crippen molar-refractivity contribution < 1.29 is 33.4 Å². The molecule has 0 aromatic heterocycles. The summed E-state index contributed by atoms with van der Waals surface area (Å²) in [6, 6.07) is 14.8. The molecule has 0 radical (unpaired) electrons. The highest BCUT2D eigenvalue weighted by Gasteiger charge is 2.22. The van der Waals surface area contributed by atoms with Crippen LogP contribution in [-0.2, 0) is 30.4 Å². The Hall–Kier alpha value is -3.88. The van der Waals surface area contributed by atoms with Crippen molar-refractivity contribution in [2.45, 2.75) is 39.3 Å². The van der Waals surface area contributed by atoms with Gasteiger partial charge in [-0.1, -0.05) is 30.3 Å². The zero-order valence-corrected chi connectivity index (χ0v) is 19.6. The molecule has 0 saturated heterocycles. The lowest BCUT2D eigenvalue weighted by atomic mass is 10.1. The van der Waals surface area contributed by atoms with E-state index in [1.165, 1.54) is 17.0 Å². The number of hydrogen-bond donors (Lipinski definition) is 1. The Balaban J connectivity index is 1.98. The predicted octanol–water partition coefficient (Wildman–Crippen LogP) is 3.46. The molecule has 2 rings (SSSR count). The van der Waals surface area contributed by atoms with Crippen LogP contribution in [0.5, 0.6) is 0 Å². The van der Waals surface area contributed by atoms with Gasteiger partial charge in [-0.2, -0.15) is 0 Å². The summed E-state index contributed by atoms with van der Waals surface area (Å²) in [6.45, 7) is 3.88. The van der Waals surface area contributed by atoms with E-state index in [0.717, 1.165) is 5.56 Å². The van der Waals surface area contributed by atoms with Crippen molar-refractivity contribution in [1.82, 2.24) is 5.32 Å². The molecule has 34 heavy (non-hydrogen) atoms. The van der Waals surface area contributed by atoms with Crippen LogP contribution in [0.25, 0.3) is 0 Å². The lowest BCUT2D eigenvalue weighted by Crippen LogP contribution is -2.38. The van der Waals surface area contributed by atoms with Crippen LogP contribution in [0.4, 0.5) is 10.5 Å². The SMILES string of the molecule is CCOC(=O)CC(CC(=O)OCC)NC(=O)c1ccc(N(C)C(=O)OCc2ccccc2)cc1. The summed E-state index contributed by atoms with van der Waals surface area (Å²) in [5, 5.41) is 2.68. The zero-order valence-electron chi connectivity index (χ0n) is 19.6. The van der Waals surface area contributed by atoms with Crippen molar-refractivity contribution in [3.63, 3.8) is 0 Å². The number of carbonyl (C=O) groups is 4. The number of ether oxygens (including phenoxy) is 3. The molecule has 0 spiro atoms. The summed E-state index contributed by atoms with van der Waals surface area (Å²) in [6.07, 6.45) is -0.858. The molecule has 0 unspecified atom stereocenters. The Labute approximate surface area is 199 Å². The second-order valence-corrected chi connectivity index (χ2v) is 7.33. The summed E-state index contributed by atoms with van der Waals surface area (Å²) in [5.41, 5.74) is 1.70. The minimum absolute atomic E-state index is 0.146. The quantitative estimate of drug-likeness (QED) is 0.395. The minimum Gasteiger partial charge on any atom is -0.466 e. The number of rotatable bonds is 11. The van der Waals surface area contributed by atoms with E-state index in [1.807, 2.05) is 30.3 Å². The Kier molecular flexibility index (Phi) is 10.6. The molecule has 1 N–H and O–H groups in total. The number of hydrogen-bond acceptors (Lipinski definition) is 7. The molecule has 2 amide bonds. The van der Waals surface area contributed by atoms with Crippen LogP contribution >= 0.6 is 0 Å². The molecule has 2 aromatic rings. The lowest BCUT2D eigenvalue weighted by molar-refractivity contribution is -0.145. The van der Waals surface area contributed by atoms with E-state index in [4.69, 9.17) is 14.2 Å². The molecule has 182 valence electrons. The van der Waals surface area contributed by atoms with Crippen LogP contribution < -0.4 is 10.2 Å². The number of nitrogens with zero attached hydrogens (tertiary/aromatic N) is 1. The third kappa shape index (κ3) is 8.57. The molecule has 0 aliphatic carbocycles. The first kappa shape index (κ1) is 26.4. The summed E-state index contributed by atoms with van der Waals surface area (Å²) < 4.78 is 15.2. The smallest absolute Gasteiger partial charge is 0.414 e. The van der Waals surface area contributed by atoms with E-state index in [9.17, 15) is 19.2 Å². The average Bonchev–Trinajstić information content (AvgIpc) is 2.83. The first-order chi connectivity index (χ1) is 16.3. The highest BCUT2D eigenvalue weighted by molar-refractivity contribution is 5.96. The number of carbonyl (C=O) groups excluding carboxylic acids is 4. The Morgan fingerprint density at radius 1 is 0.824 bits per heavy atom. The number of esters is 2. The third-order valence-corrected chi connectivity index (χ3v) is 4.77. The molecule has 0 fully saturated rings. The number of nitrogens with one attached hydrogen (secondary N) is 1. The van der Waals surface area contributed by atoms with Crippen LogP contribution in [-0.4, -0.2) is 50.2 Å². The van der Waals surface area contributed by atoms with E-state index < -0.39 is 30.0 Å². The highest BCUT2D eigenvalue weighted by Crippen LogP contribution is 2.16. The van der Waals surface area contributed by atoms with Gasteiger partial charge in [0.15, 0.2) is 0 Å². The van der Waals surface area contributed by atoms with Crippen molar-refractivity contribution in [2.75, 3.05) is 25.2 Å². The Bertz CT molecular complexity index is 941. The molecule has 0 atom stereocenters. The van der Waals surface area contributed by atoms with Crippen LogP contribution in [0.1, 0.15) is 42.6 Å². The largest absolute Gasteiger partial charge is 0.466 e. The second-order valence-electron chi connectivity index (χ2n) is 7.33. The van der Waals surface area contributed by atoms with Gasteiger partial charge in [-0.15, -0.1) is 0 Å². The number of amides is 2. The zero-order chi connectivity index (χ0) is 24.9. The van der Waals surface area contributed by atoms with Crippen LogP contribution in [0.15, 0.2) is 54.6 Å². The summed E-state index contributed by atoms with van der Waals surface area (Å²) in [5.74, 6) is -1.52. The summed E-state index contributed by atoms with van der Waals surface area (Å²) >= 11 is 0. The molecular weight excluding hydrogens is 440 g/mol. The minimum atomic E-state index is -0.777.